The fourth-order valence-corrected chi connectivity index (χ4v) is 3.32. The number of carbonyl (C=O) groups is 2. The number of benzene rings is 2. The van der Waals surface area contributed by atoms with E-state index in [1.54, 1.807) is 18.2 Å². The summed E-state index contributed by atoms with van der Waals surface area (Å²) < 4.78 is 5.08. The minimum absolute atomic E-state index is 0.0766. The molecule has 28 heavy (non-hydrogen) atoms. The summed E-state index contributed by atoms with van der Waals surface area (Å²) in [6.45, 7) is 4.27. The Kier molecular flexibility index (Phi) is 6.55. The highest BCUT2D eigenvalue weighted by atomic mass is 32.2. The van der Waals surface area contributed by atoms with Crippen LogP contribution < -0.4 is 10.6 Å². The van der Waals surface area contributed by atoms with Gasteiger partial charge in [-0.3, -0.25) is 9.59 Å². The number of furan rings is 1. The molecule has 0 saturated carbocycles. The Morgan fingerprint density at radius 3 is 2.43 bits per heavy atom. The average Bonchev–Trinajstić information content (AvgIpc) is 3.22. The number of thioether (sulfide) groups is 1. The largest absolute Gasteiger partial charge is 0.459 e. The van der Waals surface area contributed by atoms with Crippen molar-refractivity contribution in [3.8, 4) is 0 Å². The van der Waals surface area contributed by atoms with Gasteiger partial charge < -0.3 is 15.1 Å². The van der Waals surface area contributed by atoms with Crippen LogP contribution >= 0.6 is 11.8 Å². The molecule has 0 radical (unpaired) electrons. The van der Waals surface area contributed by atoms with Gasteiger partial charge in [0.05, 0.1) is 12.0 Å². The Balaban J connectivity index is 1.52. The van der Waals surface area contributed by atoms with Crippen LogP contribution in [0.1, 0.15) is 35.9 Å². The molecule has 144 valence electrons. The Labute approximate surface area is 168 Å². The standard InChI is InChI=1S/C22H22N2O3S/c1-15(2)16-8-10-17(11-9-16)23-21(25)14-28-19-6-3-5-18(13-19)24-22(26)20-7-4-12-27-20/h3-13,15H,14H2,1-2H3,(H,23,25)(H,24,26). The van der Waals surface area contributed by atoms with Crippen LogP contribution in [0.2, 0.25) is 0 Å². The van der Waals surface area contributed by atoms with Gasteiger partial charge in [-0.2, -0.15) is 0 Å². The molecule has 2 aromatic carbocycles. The first-order chi connectivity index (χ1) is 13.5. The van der Waals surface area contributed by atoms with Crippen LogP contribution in [0.15, 0.2) is 76.2 Å². The molecule has 1 heterocycles. The number of carbonyl (C=O) groups excluding carboxylic acids is 2. The number of nitrogens with one attached hydrogen (secondary N) is 2. The molecule has 5 nitrogen and oxygen atoms in total. The van der Waals surface area contributed by atoms with E-state index in [1.165, 1.54) is 23.6 Å². The second-order valence-corrected chi connectivity index (χ2v) is 7.62. The van der Waals surface area contributed by atoms with E-state index in [0.717, 1.165) is 10.6 Å². The van der Waals surface area contributed by atoms with Gasteiger partial charge in [-0.15, -0.1) is 11.8 Å². The first kappa shape index (κ1) is 19.8. The highest BCUT2D eigenvalue weighted by Crippen LogP contribution is 2.23. The molecule has 2 N–H and O–H groups in total. The van der Waals surface area contributed by atoms with Gasteiger partial charge in [0.2, 0.25) is 5.91 Å². The van der Waals surface area contributed by atoms with Crippen molar-refractivity contribution in [1.29, 1.82) is 0 Å². The maximum absolute atomic E-state index is 12.2. The van der Waals surface area contributed by atoms with E-state index < -0.39 is 0 Å². The Morgan fingerprint density at radius 2 is 1.75 bits per heavy atom. The van der Waals surface area contributed by atoms with Crippen LogP contribution in [0.25, 0.3) is 0 Å². The van der Waals surface area contributed by atoms with Crippen LogP contribution in [-0.2, 0) is 4.79 Å². The van der Waals surface area contributed by atoms with Gasteiger partial charge in [-0.05, 0) is 53.9 Å². The summed E-state index contributed by atoms with van der Waals surface area (Å²) in [5.74, 6) is 0.602. The molecule has 0 aliphatic carbocycles. The monoisotopic (exact) mass is 394 g/mol. The van der Waals surface area contributed by atoms with Gasteiger partial charge in [0.1, 0.15) is 0 Å². The first-order valence-corrected chi connectivity index (χ1v) is 9.97. The Bertz CT molecular complexity index is 935. The summed E-state index contributed by atoms with van der Waals surface area (Å²) in [6, 6.07) is 18.5. The molecule has 0 aliphatic heterocycles. The molecular formula is C22H22N2O3S. The van der Waals surface area contributed by atoms with Crippen molar-refractivity contribution >= 4 is 35.0 Å². The zero-order valence-corrected chi connectivity index (χ0v) is 16.6. The number of rotatable bonds is 7. The van der Waals surface area contributed by atoms with Crippen LogP contribution in [0.5, 0.6) is 0 Å². The topological polar surface area (TPSA) is 71.3 Å². The van der Waals surface area contributed by atoms with Crippen LogP contribution in [0.3, 0.4) is 0 Å². The highest BCUT2D eigenvalue weighted by Gasteiger charge is 2.10. The van der Waals surface area contributed by atoms with E-state index in [0.29, 0.717) is 11.6 Å². The average molecular weight is 394 g/mol. The van der Waals surface area contributed by atoms with E-state index in [4.69, 9.17) is 4.42 Å². The summed E-state index contributed by atoms with van der Waals surface area (Å²) in [5, 5.41) is 5.68. The normalized spacial score (nSPS) is 10.7. The second-order valence-electron chi connectivity index (χ2n) is 6.57. The maximum Gasteiger partial charge on any atom is 0.291 e. The van der Waals surface area contributed by atoms with Crippen molar-refractivity contribution in [3.05, 3.63) is 78.3 Å². The third-order valence-electron chi connectivity index (χ3n) is 4.07. The summed E-state index contributed by atoms with van der Waals surface area (Å²) in [6.07, 6.45) is 1.45. The summed E-state index contributed by atoms with van der Waals surface area (Å²) >= 11 is 1.41. The van der Waals surface area contributed by atoms with Crippen molar-refractivity contribution in [2.45, 2.75) is 24.7 Å². The zero-order chi connectivity index (χ0) is 19.9. The predicted molar refractivity (Wildman–Crippen MR) is 113 cm³/mol. The lowest BCUT2D eigenvalue weighted by molar-refractivity contribution is -0.113. The lowest BCUT2D eigenvalue weighted by atomic mass is 10.0. The molecule has 0 unspecified atom stereocenters. The molecule has 0 spiro atoms. The molecule has 0 aliphatic rings. The van der Waals surface area contributed by atoms with Gasteiger partial charge in [0.25, 0.3) is 5.91 Å². The van der Waals surface area contributed by atoms with E-state index in [2.05, 4.69) is 24.5 Å². The van der Waals surface area contributed by atoms with Gasteiger partial charge in [0, 0.05) is 16.3 Å². The third kappa shape index (κ3) is 5.50. The zero-order valence-electron chi connectivity index (χ0n) is 15.8. The molecule has 6 heteroatoms. The number of amides is 2. The van der Waals surface area contributed by atoms with Crippen molar-refractivity contribution in [2.75, 3.05) is 16.4 Å². The predicted octanol–water partition coefficient (Wildman–Crippen LogP) is 5.39. The van der Waals surface area contributed by atoms with Crippen molar-refractivity contribution in [1.82, 2.24) is 0 Å². The second kappa shape index (κ2) is 9.28. The SMILES string of the molecule is CC(C)c1ccc(NC(=O)CSc2cccc(NC(=O)c3ccco3)c2)cc1. The molecule has 0 atom stereocenters. The summed E-state index contributed by atoms with van der Waals surface area (Å²) in [4.78, 5) is 25.1. The van der Waals surface area contributed by atoms with E-state index >= 15 is 0 Å². The minimum Gasteiger partial charge on any atom is -0.459 e. The summed E-state index contributed by atoms with van der Waals surface area (Å²) in [7, 11) is 0. The van der Waals surface area contributed by atoms with Crippen molar-refractivity contribution < 1.29 is 14.0 Å². The van der Waals surface area contributed by atoms with Gasteiger partial charge in [-0.25, -0.2) is 0 Å². The molecule has 3 rings (SSSR count). The van der Waals surface area contributed by atoms with Crippen LogP contribution in [0, 0.1) is 0 Å². The van der Waals surface area contributed by atoms with E-state index in [9.17, 15) is 9.59 Å². The molecule has 3 aromatic rings. The molecule has 0 saturated heterocycles. The quantitative estimate of drug-likeness (QED) is 0.527. The lowest BCUT2D eigenvalue weighted by Crippen LogP contribution is -2.14. The number of hydrogen-bond donors (Lipinski definition) is 2. The fourth-order valence-electron chi connectivity index (χ4n) is 2.56. The number of hydrogen-bond acceptors (Lipinski definition) is 4. The maximum atomic E-state index is 12.2. The molecule has 0 bridgehead atoms. The molecular weight excluding hydrogens is 372 g/mol. The van der Waals surface area contributed by atoms with Gasteiger partial charge >= 0.3 is 0 Å². The van der Waals surface area contributed by atoms with Gasteiger partial charge in [-0.1, -0.05) is 32.0 Å². The van der Waals surface area contributed by atoms with Crippen molar-refractivity contribution in [3.63, 3.8) is 0 Å². The molecule has 2 amide bonds. The van der Waals surface area contributed by atoms with Gasteiger partial charge in [0.15, 0.2) is 5.76 Å². The van der Waals surface area contributed by atoms with E-state index in [-0.39, 0.29) is 23.3 Å². The fraction of sp³-hybridized carbons (Fsp3) is 0.182. The van der Waals surface area contributed by atoms with E-state index in [1.807, 2.05) is 42.5 Å². The molecule has 1 aromatic heterocycles. The highest BCUT2D eigenvalue weighted by molar-refractivity contribution is 8.00. The Hall–Kier alpha value is -2.99. The van der Waals surface area contributed by atoms with Crippen LogP contribution in [0.4, 0.5) is 11.4 Å². The minimum atomic E-state index is -0.310. The smallest absolute Gasteiger partial charge is 0.291 e. The first-order valence-electron chi connectivity index (χ1n) is 8.99. The molecule has 0 fully saturated rings. The lowest BCUT2D eigenvalue weighted by Gasteiger charge is -2.09. The number of anilines is 2. The third-order valence-corrected chi connectivity index (χ3v) is 5.06. The Morgan fingerprint density at radius 1 is 0.964 bits per heavy atom. The van der Waals surface area contributed by atoms with Crippen LogP contribution in [-0.4, -0.2) is 17.6 Å². The van der Waals surface area contributed by atoms with Crippen molar-refractivity contribution in [2.24, 2.45) is 0 Å². The summed E-state index contributed by atoms with van der Waals surface area (Å²) in [5.41, 5.74) is 2.67.